The maximum absolute atomic E-state index is 10.5. The van der Waals surface area contributed by atoms with Crippen molar-refractivity contribution in [1.82, 2.24) is 4.98 Å². The fourth-order valence-electron chi connectivity index (χ4n) is 2.39. The Morgan fingerprint density at radius 3 is 2.60 bits per heavy atom. The average Bonchev–Trinajstić information content (AvgIpc) is 2.49. The van der Waals surface area contributed by atoms with Crippen LogP contribution in [0.2, 0.25) is 0 Å². The Kier molecular flexibility index (Phi) is 3.81. The van der Waals surface area contributed by atoms with Crippen molar-refractivity contribution in [2.24, 2.45) is 0 Å². The highest BCUT2D eigenvalue weighted by Gasteiger charge is 2.13. The number of halogens is 1. The van der Waals surface area contributed by atoms with Crippen LogP contribution in [0.1, 0.15) is 17.2 Å². The SMILES string of the molecule is OC(Cc1ccccc1Br)c1cncc2ccccc12. The zero-order valence-electron chi connectivity index (χ0n) is 10.8. The molecule has 3 aromatic rings. The predicted octanol–water partition coefficient (Wildman–Crippen LogP) is 4.27. The molecule has 1 aromatic heterocycles. The van der Waals surface area contributed by atoms with Gasteiger partial charge in [0.2, 0.25) is 0 Å². The van der Waals surface area contributed by atoms with Gasteiger partial charge in [0.1, 0.15) is 0 Å². The van der Waals surface area contributed by atoms with Gasteiger partial charge < -0.3 is 5.11 Å². The fraction of sp³-hybridized carbons (Fsp3) is 0.118. The molecule has 1 N–H and O–H groups in total. The number of aliphatic hydroxyl groups excluding tert-OH is 1. The number of aromatic nitrogens is 1. The average molecular weight is 328 g/mol. The van der Waals surface area contributed by atoms with Gasteiger partial charge in [-0.3, -0.25) is 4.98 Å². The van der Waals surface area contributed by atoms with E-state index in [-0.39, 0.29) is 0 Å². The number of fused-ring (bicyclic) bond motifs is 1. The topological polar surface area (TPSA) is 33.1 Å². The monoisotopic (exact) mass is 327 g/mol. The maximum atomic E-state index is 10.5. The molecule has 0 fully saturated rings. The van der Waals surface area contributed by atoms with Crippen LogP contribution < -0.4 is 0 Å². The van der Waals surface area contributed by atoms with Gasteiger partial charge in [-0.05, 0) is 17.0 Å². The fourth-order valence-corrected chi connectivity index (χ4v) is 2.83. The van der Waals surface area contributed by atoms with E-state index in [2.05, 4.69) is 20.9 Å². The third-order valence-electron chi connectivity index (χ3n) is 3.43. The van der Waals surface area contributed by atoms with E-state index in [4.69, 9.17) is 0 Å². The molecule has 0 spiro atoms. The standard InChI is InChI=1S/C17H14BrNO/c18-16-8-4-2-5-12(16)9-17(20)15-11-19-10-13-6-1-3-7-14(13)15/h1-8,10-11,17,20H,9H2. The number of nitrogens with zero attached hydrogens (tertiary/aromatic N) is 1. The third kappa shape index (κ3) is 2.60. The second kappa shape index (κ2) is 5.73. The largest absolute Gasteiger partial charge is 0.388 e. The Balaban J connectivity index is 1.97. The van der Waals surface area contributed by atoms with Crippen LogP contribution >= 0.6 is 15.9 Å². The molecule has 1 heterocycles. The summed E-state index contributed by atoms with van der Waals surface area (Å²) in [7, 11) is 0. The zero-order chi connectivity index (χ0) is 13.9. The molecule has 0 radical (unpaired) electrons. The molecule has 2 aromatic carbocycles. The highest BCUT2D eigenvalue weighted by Crippen LogP contribution is 2.27. The van der Waals surface area contributed by atoms with E-state index in [0.29, 0.717) is 6.42 Å². The molecule has 20 heavy (non-hydrogen) atoms. The molecular weight excluding hydrogens is 314 g/mol. The lowest BCUT2D eigenvalue weighted by atomic mass is 9.98. The molecule has 0 aliphatic carbocycles. The van der Waals surface area contributed by atoms with Crippen LogP contribution in [0, 0.1) is 0 Å². The van der Waals surface area contributed by atoms with E-state index in [1.54, 1.807) is 6.20 Å². The Bertz CT molecular complexity index is 736. The summed E-state index contributed by atoms with van der Waals surface area (Å²) in [6.07, 6.45) is 3.58. The molecule has 100 valence electrons. The van der Waals surface area contributed by atoms with Crippen molar-refractivity contribution in [3.05, 3.63) is 76.5 Å². The Morgan fingerprint density at radius 2 is 1.75 bits per heavy atom. The Morgan fingerprint density at radius 1 is 1.00 bits per heavy atom. The first-order valence-electron chi connectivity index (χ1n) is 6.50. The first-order chi connectivity index (χ1) is 9.75. The number of aliphatic hydroxyl groups is 1. The number of pyridine rings is 1. The summed E-state index contributed by atoms with van der Waals surface area (Å²) >= 11 is 3.52. The van der Waals surface area contributed by atoms with E-state index in [9.17, 15) is 5.11 Å². The predicted molar refractivity (Wildman–Crippen MR) is 84.5 cm³/mol. The molecule has 0 saturated heterocycles. The molecular formula is C17H14BrNO. The van der Waals surface area contributed by atoms with Crippen LogP contribution in [-0.2, 0) is 6.42 Å². The normalized spacial score (nSPS) is 12.5. The molecule has 1 atom stereocenters. The van der Waals surface area contributed by atoms with Crippen molar-refractivity contribution >= 4 is 26.7 Å². The van der Waals surface area contributed by atoms with E-state index >= 15 is 0 Å². The number of rotatable bonds is 3. The lowest BCUT2D eigenvalue weighted by Gasteiger charge is -2.14. The number of benzene rings is 2. The number of hydrogen-bond donors (Lipinski definition) is 1. The Labute approximate surface area is 126 Å². The summed E-state index contributed by atoms with van der Waals surface area (Å²) in [6.45, 7) is 0. The Hall–Kier alpha value is -1.71. The molecule has 0 aliphatic heterocycles. The van der Waals surface area contributed by atoms with Gasteiger partial charge in [-0.25, -0.2) is 0 Å². The second-order valence-electron chi connectivity index (χ2n) is 4.76. The van der Waals surface area contributed by atoms with Crippen molar-refractivity contribution < 1.29 is 5.11 Å². The van der Waals surface area contributed by atoms with Gasteiger partial charge in [0.25, 0.3) is 0 Å². The maximum Gasteiger partial charge on any atom is 0.0851 e. The lowest BCUT2D eigenvalue weighted by Crippen LogP contribution is -2.03. The van der Waals surface area contributed by atoms with Crippen molar-refractivity contribution in [2.75, 3.05) is 0 Å². The molecule has 0 bridgehead atoms. The van der Waals surface area contributed by atoms with Crippen LogP contribution in [0.5, 0.6) is 0 Å². The van der Waals surface area contributed by atoms with Crippen LogP contribution in [0.3, 0.4) is 0 Å². The van der Waals surface area contributed by atoms with E-state index in [1.807, 2.05) is 54.7 Å². The molecule has 0 aliphatic rings. The van der Waals surface area contributed by atoms with Crippen LogP contribution in [0.4, 0.5) is 0 Å². The van der Waals surface area contributed by atoms with Crippen molar-refractivity contribution in [3.8, 4) is 0 Å². The van der Waals surface area contributed by atoms with Crippen molar-refractivity contribution in [2.45, 2.75) is 12.5 Å². The lowest BCUT2D eigenvalue weighted by molar-refractivity contribution is 0.179. The van der Waals surface area contributed by atoms with Crippen LogP contribution in [0.15, 0.2) is 65.4 Å². The number of hydrogen-bond acceptors (Lipinski definition) is 2. The quantitative estimate of drug-likeness (QED) is 0.779. The first-order valence-corrected chi connectivity index (χ1v) is 7.29. The highest BCUT2D eigenvalue weighted by molar-refractivity contribution is 9.10. The highest BCUT2D eigenvalue weighted by atomic mass is 79.9. The minimum absolute atomic E-state index is 0.563. The van der Waals surface area contributed by atoms with Crippen molar-refractivity contribution in [1.29, 1.82) is 0 Å². The molecule has 0 saturated carbocycles. The van der Waals surface area contributed by atoms with Crippen molar-refractivity contribution in [3.63, 3.8) is 0 Å². The van der Waals surface area contributed by atoms with Gasteiger partial charge in [-0.1, -0.05) is 58.4 Å². The molecule has 0 amide bonds. The van der Waals surface area contributed by atoms with E-state index < -0.39 is 6.10 Å². The van der Waals surface area contributed by atoms with Gasteiger partial charge in [0, 0.05) is 34.2 Å². The van der Waals surface area contributed by atoms with Gasteiger partial charge in [-0.15, -0.1) is 0 Å². The van der Waals surface area contributed by atoms with E-state index in [1.165, 1.54) is 0 Å². The van der Waals surface area contributed by atoms with Gasteiger partial charge in [0.05, 0.1) is 6.10 Å². The second-order valence-corrected chi connectivity index (χ2v) is 5.62. The third-order valence-corrected chi connectivity index (χ3v) is 4.20. The summed E-state index contributed by atoms with van der Waals surface area (Å²) in [4.78, 5) is 4.23. The van der Waals surface area contributed by atoms with Crippen LogP contribution in [-0.4, -0.2) is 10.1 Å². The molecule has 3 heteroatoms. The summed E-state index contributed by atoms with van der Waals surface area (Å²) in [6, 6.07) is 16.0. The van der Waals surface area contributed by atoms with Gasteiger partial charge >= 0.3 is 0 Å². The smallest absolute Gasteiger partial charge is 0.0851 e. The van der Waals surface area contributed by atoms with Crippen LogP contribution in [0.25, 0.3) is 10.8 Å². The summed E-state index contributed by atoms with van der Waals surface area (Å²) in [5.41, 5.74) is 1.96. The molecule has 2 nitrogen and oxygen atoms in total. The van der Waals surface area contributed by atoms with Gasteiger partial charge in [-0.2, -0.15) is 0 Å². The van der Waals surface area contributed by atoms with Gasteiger partial charge in [0.15, 0.2) is 0 Å². The zero-order valence-corrected chi connectivity index (χ0v) is 12.4. The first kappa shape index (κ1) is 13.3. The summed E-state index contributed by atoms with van der Waals surface area (Å²) in [5.74, 6) is 0. The minimum Gasteiger partial charge on any atom is -0.388 e. The minimum atomic E-state index is -0.563. The summed E-state index contributed by atoms with van der Waals surface area (Å²) in [5, 5.41) is 12.6. The summed E-state index contributed by atoms with van der Waals surface area (Å²) < 4.78 is 1.02. The molecule has 3 rings (SSSR count). The van der Waals surface area contributed by atoms with E-state index in [0.717, 1.165) is 26.4 Å². The molecule has 1 unspecified atom stereocenters.